The summed E-state index contributed by atoms with van der Waals surface area (Å²) in [5.41, 5.74) is 3.54. The largest absolute Gasteiger partial charge is 0.341 e. The number of anilines is 2. The van der Waals surface area contributed by atoms with E-state index in [0.29, 0.717) is 6.54 Å². The molecule has 0 bridgehead atoms. The third-order valence-corrected chi connectivity index (χ3v) is 3.86. The first kappa shape index (κ1) is 15.4. The van der Waals surface area contributed by atoms with Crippen LogP contribution >= 0.6 is 27.7 Å². The summed E-state index contributed by atoms with van der Waals surface area (Å²) in [6.07, 6.45) is 1.09. The van der Waals surface area contributed by atoms with Crippen LogP contribution in [0.4, 0.5) is 11.4 Å². The minimum absolute atomic E-state index is 0.652. The van der Waals surface area contributed by atoms with E-state index in [2.05, 4.69) is 75.1 Å². The summed E-state index contributed by atoms with van der Waals surface area (Å²) in [7, 11) is 0. The molecule has 4 heteroatoms. The summed E-state index contributed by atoms with van der Waals surface area (Å²) in [6.45, 7) is 3.82. The number of nitrogens with zero attached hydrogens (tertiary/aromatic N) is 1. The highest BCUT2D eigenvalue weighted by atomic mass is 79.9. The molecule has 0 aromatic heterocycles. The van der Waals surface area contributed by atoms with Crippen LogP contribution in [-0.2, 0) is 6.54 Å². The highest BCUT2D eigenvalue weighted by Crippen LogP contribution is 2.33. The molecule has 0 amide bonds. The van der Waals surface area contributed by atoms with Gasteiger partial charge in [0.15, 0.2) is 0 Å². The molecule has 0 unspecified atom stereocenters. The van der Waals surface area contributed by atoms with Crippen molar-refractivity contribution in [3.8, 4) is 0 Å². The highest BCUT2D eigenvalue weighted by Gasteiger charge is 2.11. The molecule has 0 aliphatic carbocycles. The second-order valence-electron chi connectivity index (χ2n) is 4.58. The normalized spacial score (nSPS) is 10.6. The maximum Gasteiger partial charge on any atom is 0.0555 e. The van der Waals surface area contributed by atoms with Gasteiger partial charge in [-0.1, -0.05) is 31.2 Å². The van der Waals surface area contributed by atoms with E-state index in [1.165, 1.54) is 11.4 Å². The van der Waals surface area contributed by atoms with Crippen molar-refractivity contribution in [3.63, 3.8) is 0 Å². The number of benzene rings is 2. The Bertz CT molecular complexity index is 545. The molecule has 0 fully saturated rings. The molecule has 2 nitrogen and oxygen atoms in total. The summed E-state index contributed by atoms with van der Waals surface area (Å²) in [5, 5.41) is 0. The number of hydrogen-bond acceptors (Lipinski definition) is 2. The molecular weight excluding hydrogens is 336 g/mol. The monoisotopic (exact) mass is 352 g/mol. The molecular formula is C16H18BrClN2. The van der Waals surface area contributed by atoms with Gasteiger partial charge in [-0.3, -0.25) is 0 Å². The molecule has 0 radical (unpaired) electrons. The summed E-state index contributed by atoms with van der Waals surface area (Å²) in [4.78, 5) is 4.98. The Hall–Kier alpha value is -1.03. The van der Waals surface area contributed by atoms with Crippen LogP contribution in [0.1, 0.15) is 18.9 Å². The standard InChI is InChI=1S/C16H18BrClN2/c1-2-10-20(14-6-4-3-5-7-14)16-9-8-13(12-19-18)11-15(16)17/h3-9,11,19H,2,10,12H2,1H3. The first-order chi connectivity index (χ1) is 9.76. The first-order valence-corrected chi connectivity index (χ1v) is 7.88. The van der Waals surface area contributed by atoms with Crippen molar-refractivity contribution in [1.29, 1.82) is 0 Å². The number of halogens is 2. The summed E-state index contributed by atoms with van der Waals surface area (Å²) >= 11 is 9.23. The molecule has 106 valence electrons. The van der Waals surface area contributed by atoms with E-state index in [1.54, 1.807) is 0 Å². The smallest absolute Gasteiger partial charge is 0.0555 e. The Balaban J connectivity index is 2.35. The van der Waals surface area contributed by atoms with E-state index >= 15 is 0 Å². The Kier molecular flexibility index (Phi) is 5.89. The molecule has 1 N–H and O–H groups in total. The Morgan fingerprint density at radius 3 is 2.50 bits per heavy atom. The van der Waals surface area contributed by atoms with Gasteiger partial charge in [0.25, 0.3) is 0 Å². The van der Waals surface area contributed by atoms with E-state index < -0.39 is 0 Å². The lowest BCUT2D eigenvalue weighted by Crippen LogP contribution is -2.18. The van der Waals surface area contributed by atoms with Crippen molar-refractivity contribution in [3.05, 3.63) is 58.6 Å². The molecule has 0 spiro atoms. The second kappa shape index (κ2) is 7.67. The molecule has 2 aromatic rings. The van der Waals surface area contributed by atoms with Crippen molar-refractivity contribution in [2.45, 2.75) is 19.9 Å². The van der Waals surface area contributed by atoms with Gasteiger partial charge in [-0.25, -0.2) is 4.84 Å². The lowest BCUT2D eigenvalue weighted by molar-refractivity contribution is 0.882. The van der Waals surface area contributed by atoms with Crippen LogP contribution in [-0.4, -0.2) is 6.54 Å². The average molecular weight is 354 g/mol. The predicted molar refractivity (Wildman–Crippen MR) is 90.6 cm³/mol. The van der Waals surface area contributed by atoms with Gasteiger partial charge in [0.1, 0.15) is 0 Å². The zero-order chi connectivity index (χ0) is 14.4. The van der Waals surface area contributed by atoms with Crippen molar-refractivity contribution in [2.24, 2.45) is 0 Å². The lowest BCUT2D eigenvalue weighted by Gasteiger charge is -2.26. The highest BCUT2D eigenvalue weighted by molar-refractivity contribution is 9.10. The number of rotatable bonds is 6. The quantitative estimate of drug-likeness (QED) is 0.714. The zero-order valence-electron chi connectivity index (χ0n) is 11.4. The maximum atomic E-state index is 5.56. The van der Waals surface area contributed by atoms with Crippen molar-refractivity contribution in [1.82, 2.24) is 4.84 Å². The second-order valence-corrected chi connectivity index (χ2v) is 5.70. The Morgan fingerprint density at radius 1 is 1.15 bits per heavy atom. The van der Waals surface area contributed by atoms with E-state index in [9.17, 15) is 0 Å². The number of hydrogen-bond donors (Lipinski definition) is 1. The van der Waals surface area contributed by atoms with E-state index in [-0.39, 0.29) is 0 Å². The summed E-state index contributed by atoms with van der Waals surface area (Å²) < 4.78 is 1.08. The molecule has 0 atom stereocenters. The molecule has 0 saturated heterocycles. The zero-order valence-corrected chi connectivity index (χ0v) is 13.8. The van der Waals surface area contributed by atoms with Crippen LogP contribution in [0.2, 0.25) is 0 Å². The van der Waals surface area contributed by atoms with Crippen LogP contribution in [0.15, 0.2) is 53.0 Å². The summed E-state index contributed by atoms with van der Waals surface area (Å²) in [5.74, 6) is 0. The van der Waals surface area contributed by atoms with Crippen LogP contribution < -0.4 is 9.74 Å². The molecule has 0 heterocycles. The molecule has 2 aromatic carbocycles. The van der Waals surface area contributed by atoms with Gasteiger partial charge in [0.2, 0.25) is 0 Å². The van der Waals surface area contributed by atoms with Crippen molar-refractivity contribution in [2.75, 3.05) is 11.4 Å². The summed E-state index contributed by atoms with van der Waals surface area (Å²) in [6, 6.07) is 16.8. The van der Waals surface area contributed by atoms with Gasteiger partial charge in [0, 0.05) is 23.2 Å². The fourth-order valence-electron chi connectivity index (χ4n) is 2.18. The minimum Gasteiger partial charge on any atom is -0.341 e. The van der Waals surface area contributed by atoms with Crippen molar-refractivity contribution >= 4 is 39.1 Å². The molecule has 20 heavy (non-hydrogen) atoms. The van der Waals surface area contributed by atoms with E-state index in [4.69, 9.17) is 11.8 Å². The topological polar surface area (TPSA) is 15.3 Å². The first-order valence-electron chi connectivity index (χ1n) is 6.70. The van der Waals surface area contributed by atoms with Crippen LogP contribution in [0.3, 0.4) is 0 Å². The third kappa shape index (κ3) is 3.75. The van der Waals surface area contributed by atoms with Gasteiger partial charge in [-0.2, -0.15) is 0 Å². The number of nitrogens with one attached hydrogen (secondary N) is 1. The van der Waals surface area contributed by atoms with Crippen molar-refractivity contribution < 1.29 is 0 Å². The van der Waals surface area contributed by atoms with Gasteiger partial charge >= 0.3 is 0 Å². The van der Waals surface area contributed by atoms with Gasteiger partial charge in [0.05, 0.1) is 5.69 Å². The molecule has 2 rings (SSSR count). The number of para-hydroxylation sites is 1. The van der Waals surface area contributed by atoms with Crippen LogP contribution in [0, 0.1) is 0 Å². The Morgan fingerprint density at radius 2 is 1.90 bits per heavy atom. The van der Waals surface area contributed by atoms with E-state index in [0.717, 1.165) is 23.0 Å². The molecule has 0 aliphatic heterocycles. The van der Waals surface area contributed by atoms with Gasteiger partial charge < -0.3 is 4.90 Å². The van der Waals surface area contributed by atoms with E-state index in [1.807, 2.05) is 6.07 Å². The Labute approximate surface area is 134 Å². The third-order valence-electron chi connectivity index (χ3n) is 3.09. The van der Waals surface area contributed by atoms with Crippen LogP contribution in [0.25, 0.3) is 0 Å². The van der Waals surface area contributed by atoms with Gasteiger partial charge in [-0.05, 0) is 64.0 Å². The fourth-order valence-corrected chi connectivity index (χ4v) is 2.97. The SMILES string of the molecule is CCCN(c1ccccc1)c1ccc(CNCl)cc1Br. The lowest BCUT2D eigenvalue weighted by atomic mass is 10.1. The maximum absolute atomic E-state index is 5.56. The van der Waals surface area contributed by atoms with Crippen LogP contribution in [0.5, 0.6) is 0 Å². The molecule has 0 aliphatic rings. The predicted octanol–water partition coefficient (Wildman–Crippen LogP) is 5.24. The van der Waals surface area contributed by atoms with Gasteiger partial charge in [-0.15, -0.1) is 0 Å². The minimum atomic E-state index is 0.652. The average Bonchev–Trinajstić information content (AvgIpc) is 2.47. The molecule has 0 saturated carbocycles. The fraction of sp³-hybridized carbons (Fsp3) is 0.250.